The third-order valence-corrected chi connectivity index (χ3v) is 4.09. The number of hydrogen-bond acceptors (Lipinski definition) is 4. The first-order chi connectivity index (χ1) is 10.3. The molecule has 5 heteroatoms. The van der Waals surface area contributed by atoms with Gasteiger partial charge in [-0.2, -0.15) is 0 Å². The van der Waals surface area contributed by atoms with Crippen LogP contribution < -0.4 is 15.2 Å². The van der Waals surface area contributed by atoms with E-state index in [1.807, 2.05) is 18.2 Å². The molecule has 0 spiro atoms. The molecule has 1 aromatic carbocycles. The van der Waals surface area contributed by atoms with E-state index in [1.54, 1.807) is 21.1 Å². The Kier molecular flexibility index (Phi) is 6.68. The van der Waals surface area contributed by atoms with E-state index in [2.05, 4.69) is 6.92 Å². The number of aryl methyl sites for hydroxylation is 1. The zero-order valence-electron chi connectivity index (χ0n) is 13.9. The Labute approximate surface area is 132 Å². The second kappa shape index (κ2) is 8.03. The van der Waals surface area contributed by atoms with Crippen LogP contribution in [0.2, 0.25) is 0 Å². The van der Waals surface area contributed by atoms with Crippen molar-refractivity contribution in [1.29, 1.82) is 0 Å². The van der Waals surface area contributed by atoms with Gasteiger partial charge in [0.2, 0.25) is 0 Å². The molecular weight excluding hydrogens is 282 g/mol. The average molecular weight is 309 g/mol. The van der Waals surface area contributed by atoms with Gasteiger partial charge in [-0.3, -0.25) is 4.79 Å². The third-order valence-electron chi connectivity index (χ3n) is 4.09. The molecule has 0 fully saturated rings. The second-order valence-corrected chi connectivity index (χ2v) is 5.92. The molecule has 0 heterocycles. The Balaban J connectivity index is 2.73. The molecule has 0 saturated heterocycles. The van der Waals surface area contributed by atoms with Crippen molar-refractivity contribution in [3.05, 3.63) is 23.8 Å². The van der Waals surface area contributed by atoms with Crippen LogP contribution >= 0.6 is 0 Å². The molecule has 0 aliphatic heterocycles. The monoisotopic (exact) mass is 309 g/mol. The molecule has 0 aliphatic carbocycles. The highest BCUT2D eigenvalue weighted by atomic mass is 16.5. The quantitative estimate of drug-likeness (QED) is 0.733. The topological polar surface area (TPSA) is 81.8 Å². The van der Waals surface area contributed by atoms with Crippen molar-refractivity contribution in [3.63, 3.8) is 0 Å². The lowest BCUT2D eigenvalue weighted by atomic mass is 9.84. The van der Waals surface area contributed by atoms with E-state index in [-0.39, 0.29) is 5.92 Å². The van der Waals surface area contributed by atoms with Crippen LogP contribution in [-0.2, 0) is 11.2 Å². The summed E-state index contributed by atoms with van der Waals surface area (Å²) in [5, 5.41) is 9.15. The molecule has 1 aromatic rings. The number of methoxy groups -OCH3 is 2. The highest BCUT2D eigenvalue weighted by molar-refractivity contribution is 5.77. The Morgan fingerprint density at radius 1 is 1.36 bits per heavy atom. The number of carboxylic acid groups (broad SMARTS) is 1. The molecule has 0 saturated carbocycles. The Bertz CT molecular complexity index is 499. The van der Waals surface area contributed by atoms with Gasteiger partial charge in [0.1, 0.15) is 17.0 Å². The van der Waals surface area contributed by atoms with Crippen LogP contribution in [-0.4, -0.2) is 30.8 Å². The molecule has 22 heavy (non-hydrogen) atoms. The molecule has 1 rings (SSSR count). The second-order valence-electron chi connectivity index (χ2n) is 5.92. The van der Waals surface area contributed by atoms with E-state index in [4.69, 9.17) is 20.3 Å². The molecule has 5 nitrogen and oxygen atoms in total. The number of nitrogens with two attached hydrogens (primary N) is 1. The van der Waals surface area contributed by atoms with Crippen molar-refractivity contribution in [2.75, 3.05) is 14.2 Å². The fourth-order valence-corrected chi connectivity index (χ4v) is 2.56. The zero-order chi connectivity index (χ0) is 16.8. The van der Waals surface area contributed by atoms with Crippen molar-refractivity contribution < 1.29 is 19.4 Å². The maximum absolute atomic E-state index is 11.2. The highest BCUT2D eigenvalue weighted by Gasteiger charge is 2.30. The smallest absolute Gasteiger partial charge is 0.323 e. The number of ether oxygens (including phenoxy) is 2. The summed E-state index contributed by atoms with van der Waals surface area (Å²) in [6.45, 7) is 3.64. The molecule has 0 aromatic heterocycles. The summed E-state index contributed by atoms with van der Waals surface area (Å²) in [5.41, 5.74) is 5.78. The Hall–Kier alpha value is -1.75. The SMILES string of the molecule is CCC(CCc1ccc(OC)cc1OC)CC(C)(N)C(=O)O. The zero-order valence-corrected chi connectivity index (χ0v) is 13.9. The van der Waals surface area contributed by atoms with E-state index in [1.165, 1.54) is 0 Å². The van der Waals surface area contributed by atoms with Crippen molar-refractivity contribution in [2.45, 2.75) is 45.1 Å². The van der Waals surface area contributed by atoms with Gasteiger partial charge in [0.05, 0.1) is 14.2 Å². The summed E-state index contributed by atoms with van der Waals surface area (Å²) in [6.07, 6.45) is 3.07. The maximum Gasteiger partial charge on any atom is 0.323 e. The molecule has 2 atom stereocenters. The van der Waals surface area contributed by atoms with Gasteiger partial charge in [-0.05, 0) is 43.7 Å². The van der Waals surface area contributed by atoms with Crippen LogP contribution in [0.1, 0.15) is 38.7 Å². The summed E-state index contributed by atoms with van der Waals surface area (Å²) >= 11 is 0. The average Bonchev–Trinajstić information content (AvgIpc) is 2.50. The Morgan fingerprint density at radius 2 is 2.05 bits per heavy atom. The van der Waals surface area contributed by atoms with Crippen LogP contribution in [0.4, 0.5) is 0 Å². The molecule has 0 radical (unpaired) electrons. The van der Waals surface area contributed by atoms with Gasteiger partial charge < -0.3 is 20.3 Å². The van der Waals surface area contributed by atoms with E-state index in [9.17, 15) is 4.79 Å². The first-order valence-electron chi connectivity index (χ1n) is 7.57. The van der Waals surface area contributed by atoms with Gasteiger partial charge in [0.15, 0.2) is 0 Å². The Morgan fingerprint density at radius 3 is 2.55 bits per heavy atom. The number of benzene rings is 1. The first-order valence-corrected chi connectivity index (χ1v) is 7.57. The van der Waals surface area contributed by atoms with E-state index >= 15 is 0 Å². The van der Waals surface area contributed by atoms with Crippen LogP contribution in [0, 0.1) is 5.92 Å². The van der Waals surface area contributed by atoms with E-state index < -0.39 is 11.5 Å². The maximum atomic E-state index is 11.2. The lowest BCUT2D eigenvalue weighted by Gasteiger charge is -2.25. The van der Waals surface area contributed by atoms with Gasteiger partial charge in [0.25, 0.3) is 0 Å². The van der Waals surface area contributed by atoms with Gasteiger partial charge in [0, 0.05) is 6.07 Å². The van der Waals surface area contributed by atoms with Gasteiger partial charge in [-0.1, -0.05) is 19.4 Å². The minimum atomic E-state index is -1.18. The summed E-state index contributed by atoms with van der Waals surface area (Å²) in [4.78, 5) is 11.2. The van der Waals surface area contributed by atoms with Gasteiger partial charge in [-0.15, -0.1) is 0 Å². The van der Waals surface area contributed by atoms with Crippen molar-refractivity contribution >= 4 is 5.97 Å². The standard InChI is InChI=1S/C17H27NO4/c1-5-12(11-17(2,18)16(19)20)6-7-13-8-9-14(21-3)10-15(13)22-4/h8-10,12H,5-7,11,18H2,1-4H3,(H,19,20). The third kappa shape index (κ3) is 4.91. The molecule has 2 unspecified atom stereocenters. The molecular formula is C17H27NO4. The lowest BCUT2D eigenvalue weighted by Crippen LogP contribution is -2.46. The number of aliphatic carboxylic acids is 1. The lowest BCUT2D eigenvalue weighted by molar-refractivity contribution is -0.143. The van der Waals surface area contributed by atoms with E-state index in [0.29, 0.717) is 6.42 Å². The van der Waals surface area contributed by atoms with Crippen molar-refractivity contribution in [2.24, 2.45) is 11.7 Å². The van der Waals surface area contributed by atoms with Gasteiger partial charge >= 0.3 is 5.97 Å². The van der Waals surface area contributed by atoms with Crippen LogP contribution in [0.3, 0.4) is 0 Å². The fourth-order valence-electron chi connectivity index (χ4n) is 2.56. The predicted molar refractivity (Wildman–Crippen MR) is 86.5 cm³/mol. The van der Waals surface area contributed by atoms with Crippen LogP contribution in [0.25, 0.3) is 0 Å². The van der Waals surface area contributed by atoms with Crippen molar-refractivity contribution in [1.82, 2.24) is 0 Å². The fraction of sp³-hybridized carbons (Fsp3) is 0.588. The van der Waals surface area contributed by atoms with Crippen LogP contribution in [0.5, 0.6) is 11.5 Å². The minimum Gasteiger partial charge on any atom is -0.497 e. The molecule has 0 amide bonds. The van der Waals surface area contributed by atoms with Crippen LogP contribution in [0.15, 0.2) is 18.2 Å². The number of carbonyl (C=O) groups is 1. The normalized spacial score (nSPS) is 15.0. The number of hydrogen-bond donors (Lipinski definition) is 2. The molecule has 124 valence electrons. The molecule has 3 N–H and O–H groups in total. The van der Waals surface area contributed by atoms with Crippen molar-refractivity contribution in [3.8, 4) is 11.5 Å². The number of rotatable bonds is 9. The summed E-state index contributed by atoms with van der Waals surface area (Å²) in [5.74, 6) is 0.863. The summed E-state index contributed by atoms with van der Waals surface area (Å²) < 4.78 is 10.6. The largest absolute Gasteiger partial charge is 0.497 e. The first kappa shape index (κ1) is 18.3. The predicted octanol–water partition coefficient (Wildman–Crippen LogP) is 2.85. The summed E-state index contributed by atoms with van der Waals surface area (Å²) in [7, 11) is 3.26. The highest BCUT2D eigenvalue weighted by Crippen LogP contribution is 2.29. The number of carboxylic acids is 1. The van der Waals surface area contributed by atoms with E-state index in [0.717, 1.165) is 36.3 Å². The summed E-state index contributed by atoms with van der Waals surface area (Å²) in [6, 6.07) is 5.76. The molecule has 0 bridgehead atoms. The van der Waals surface area contributed by atoms with Gasteiger partial charge in [-0.25, -0.2) is 0 Å². The molecule has 0 aliphatic rings. The minimum absolute atomic E-state index is 0.262.